The first kappa shape index (κ1) is 44.0. The molecule has 362 valence electrons. The maximum atomic E-state index is 5.51. The van der Waals surface area contributed by atoms with Crippen molar-refractivity contribution in [3.05, 3.63) is 255 Å². The van der Waals surface area contributed by atoms with Crippen molar-refractivity contribution < 1.29 is 0 Å². The van der Waals surface area contributed by atoms with Crippen LogP contribution < -0.4 is 42.6 Å². The number of imidazole rings is 2. The van der Waals surface area contributed by atoms with Gasteiger partial charge in [-0.05, 0) is 113 Å². The van der Waals surface area contributed by atoms with E-state index in [2.05, 4.69) is 274 Å². The van der Waals surface area contributed by atoms with Crippen LogP contribution in [0.3, 0.4) is 0 Å². The predicted molar refractivity (Wildman–Crippen MR) is 326 cm³/mol. The molecule has 0 fully saturated rings. The molecule has 11 aromatic carbocycles. The Bertz CT molecular complexity index is 4210. The Hall–Kier alpha value is -9.21. The number of nitrogens with zero attached hydrogens (tertiary/aromatic N) is 6. The summed E-state index contributed by atoms with van der Waals surface area (Å²) in [5, 5.41) is 0. The number of anilines is 6. The number of fused-ring (bicyclic) bond motifs is 8. The highest BCUT2D eigenvalue weighted by atomic mass is 32.2. The van der Waals surface area contributed by atoms with E-state index >= 15 is 0 Å². The number of aromatic nitrogens is 4. The number of rotatable bonds is 8. The minimum Gasteiger partial charge on any atom is -0.310 e. The van der Waals surface area contributed by atoms with E-state index in [1.807, 2.05) is 23.5 Å². The van der Waals surface area contributed by atoms with Gasteiger partial charge in [-0.1, -0.05) is 198 Å². The van der Waals surface area contributed by atoms with Crippen molar-refractivity contribution in [3.8, 4) is 34.2 Å². The van der Waals surface area contributed by atoms with Crippen LogP contribution in [0.15, 0.2) is 274 Å². The summed E-state index contributed by atoms with van der Waals surface area (Å²) in [6.07, 6.45) is 0. The van der Waals surface area contributed by atoms with Gasteiger partial charge in [-0.3, -0.25) is 9.13 Å². The third-order valence-electron chi connectivity index (χ3n) is 16.1. The Morgan fingerprint density at radius 3 is 1.04 bits per heavy atom. The van der Waals surface area contributed by atoms with Crippen LogP contribution in [0.4, 0.5) is 34.1 Å². The SMILES string of the molecule is c1ccc(-c2nc3cccc4c3n2-c2cc(N(c3ccccc3)c3ccccc3)cc3c2B4c2cc4c(cc2S3)Sc2cc(N(c3ccccc3)c3ccccc3)cc3c2B4c2cccc4nc(-c5ccccc5)n-3c24)cc1. The zero-order valence-corrected chi connectivity index (χ0v) is 43.5. The Morgan fingerprint density at radius 1 is 0.308 bits per heavy atom. The molecule has 0 N–H and O–H groups in total. The average molecular weight is 1030 g/mol. The van der Waals surface area contributed by atoms with Crippen LogP contribution in [0, 0.1) is 0 Å². The quantitative estimate of drug-likeness (QED) is 0.141. The van der Waals surface area contributed by atoms with E-state index in [4.69, 9.17) is 9.97 Å². The molecule has 0 atom stereocenters. The summed E-state index contributed by atoms with van der Waals surface area (Å²) < 4.78 is 4.93. The van der Waals surface area contributed by atoms with Crippen LogP contribution in [0.1, 0.15) is 0 Å². The van der Waals surface area contributed by atoms with E-state index in [9.17, 15) is 0 Å². The van der Waals surface area contributed by atoms with Gasteiger partial charge in [-0.25, -0.2) is 9.97 Å². The lowest BCUT2D eigenvalue weighted by Gasteiger charge is -2.38. The second-order valence-corrected chi connectivity index (χ2v) is 22.6. The number of para-hydroxylation sites is 6. The lowest BCUT2D eigenvalue weighted by molar-refractivity contribution is 1.09. The highest BCUT2D eigenvalue weighted by Gasteiger charge is 2.45. The van der Waals surface area contributed by atoms with Gasteiger partial charge in [-0.15, -0.1) is 0 Å². The average Bonchev–Trinajstić information content (AvgIpc) is 4.12. The van der Waals surface area contributed by atoms with E-state index in [0.29, 0.717) is 0 Å². The van der Waals surface area contributed by atoms with Crippen molar-refractivity contribution in [1.82, 2.24) is 19.1 Å². The predicted octanol–water partition coefficient (Wildman–Crippen LogP) is 13.2. The largest absolute Gasteiger partial charge is 0.310 e. The first-order chi connectivity index (χ1) is 38.7. The molecule has 0 bridgehead atoms. The molecule has 13 aromatic rings. The van der Waals surface area contributed by atoms with Crippen molar-refractivity contribution in [1.29, 1.82) is 0 Å². The summed E-state index contributed by atoms with van der Waals surface area (Å²) >= 11 is 3.82. The van der Waals surface area contributed by atoms with Gasteiger partial charge in [0.1, 0.15) is 11.6 Å². The van der Waals surface area contributed by atoms with Gasteiger partial charge in [0, 0.05) is 76.2 Å². The molecule has 78 heavy (non-hydrogen) atoms. The fraction of sp³-hybridized carbons (Fsp3) is 0. The lowest BCUT2D eigenvalue weighted by atomic mass is 9.32. The summed E-state index contributed by atoms with van der Waals surface area (Å²) in [6.45, 7) is -0.0886. The Balaban J connectivity index is 0.926. The minimum atomic E-state index is -0.0443. The Morgan fingerprint density at radius 2 is 0.667 bits per heavy atom. The highest BCUT2D eigenvalue weighted by molar-refractivity contribution is 8.01. The third kappa shape index (κ3) is 6.51. The van der Waals surface area contributed by atoms with Crippen molar-refractivity contribution in [2.24, 2.45) is 0 Å². The summed E-state index contributed by atoms with van der Waals surface area (Å²) in [5.41, 5.74) is 23.3. The molecule has 17 rings (SSSR count). The molecule has 0 amide bonds. The molecular formula is C68H42B2N6S2. The van der Waals surface area contributed by atoms with Crippen LogP contribution >= 0.6 is 23.5 Å². The summed E-state index contributed by atoms with van der Waals surface area (Å²) in [6, 6.07) is 92.9. The first-order valence-corrected chi connectivity index (χ1v) is 28.2. The highest BCUT2D eigenvalue weighted by Crippen LogP contribution is 2.47. The van der Waals surface area contributed by atoms with Crippen molar-refractivity contribution in [3.63, 3.8) is 0 Å². The van der Waals surface area contributed by atoms with Gasteiger partial charge >= 0.3 is 0 Å². The van der Waals surface area contributed by atoms with Crippen LogP contribution in [0.5, 0.6) is 0 Å². The molecule has 0 saturated carbocycles. The molecule has 0 spiro atoms. The molecule has 2 aromatic heterocycles. The van der Waals surface area contributed by atoms with Crippen LogP contribution in [0.25, 0.3) is 56.2 Å². The van der Waals surface area contributed by atoms with Crippen molar-refractivity contribution in [2.75, 3.05) is 9.80 Å². The second kappa shape index (κ2) is 17.1. The van der Waals surface area contributed by atoms with E-state index in [1.54, 1.807) is 0 Å². The van der Waals surface area contributed by atoms with Crippen LogP contribution in [-0.2, 0) is 0 Å². The van der Waals surface area contributed by atoms with Crippen LogP contribution in [-0.4, -0.2) is 32.5 Å². The Kier molecular flexibility index (Phi) is 9.67. The van der Waals surface area contributed by atoms with Gasteiger partial charge in [0.05, 0.1) is 22.1 Å². The second-order valence-electron chi connectivity index (χ2n) is 20.5. The summed E-state index contributed by atoms with van der Waals surface area (Å²) in [4.78, 5) is 20.9. The summed E-state index contributed by atoms with van der Waals surface area (Å²) in [5.74, 6) is 1.89. The van der Waals surface area contributed by atoms with E-state index in [0.717, 1.165) is 90.3 Å². The van der Waals surface area contributed by atoms with E-state index in [1.165, 1.54) is 52.4 Å². The number of benzene rings is 11. The maximum absolute atomic E-state index is 5.51. The molecule has 10 heteroatoms. The molecule has 0 saturated heterocycles. The first-order valence-electron chi connectivity index (χ1n) is 26.5. The molecular weight excluding hydrogens is 987 g/mol. The zero-order chi connectivity index (χ0) is 51.0. The van der Waals surface area contributed by atoms with Crippen molar-refractivity contribution >= 4 is 126 Å². The molecule has 0 radical (unpaired) electrons. The fourth-order valence-corrected chi connectivity index (χ4v) is 15.5. The van der Waals surface area contributed by atoms with Gasteiger partial charge in [0.2, 0.25) is 13.4 Å². The van der Waals surface area contributed by atoms with Crippen molar-refractivity contribution in [2.45, 2.75) is 19.6 Å². The zero-order valence-electron chi connectivity index (χ0n) is 41.9. The molecule has 4 aliphatic rings. The molecule has 6 nitrogen and oxygen atoms in total. The van der Waals surface area contributed by atoms with Crippen LogP contribution in [0.2, 0.25) is 0 Å². The molecule has 6 heterocycles. The topological polar surface area (TPSA) is 42.1 Å². The fourth-order valence-electron chi connectivity index (χ4n) is 13.0. The third-order valence-corrected chi connectivity index (χ3v) is 18.4. The van der Waals surface area contributed by atoms with Gasteiger partial charge < -0.3 is 9.80 Å². The minimum absolute atomic E-state index is 0.0443. The normalized spacial score (nSPS) is 13.0. The molecule has 0 unspecified atom stereocenters. The molecule has 0 aliphatic carbocycles. The van der Waals surface area contributed by atoms with E-state index in [-0.39, 0.29) is 13.4 Å². The lowest BCUT2D eigenvalue weighted by Crippen LogP contribution is -2.63. The van der Waals surface area contributed by atoms with Gasteiger partial charge in [0.15, 0.2) is 0 Å². The van der Waals surface area contributed by atoms with Gasteiger partial charge in [-0.2, -0.15) is 0 Å². The number of hydrogen-bond acceptors (Lipinski definition) is 6. The number of hydrogen-bond donors (Lipinski definition) is 0. The van der Waals surface area contributed by atoms with Gasteiger partial charge in [0.25, 0.3) is 0 Å². The molecule has 4 aliphatic heterocycles. The Labute approximate surface area is 460 Å². The monoisotopic (exact) mass is 1030 g/mol. The smallest absolute Gasteiger partial charge is 0.249 e. The maximum Gasteiger partial charge on any atom is 0.249 e. The summed E-state index contributed by atoms with van der Waals surface area (Å²) in [7, 11) is 0. The standard InChI is InChI=1S/C68H42B2N6S2/c1-7-21-43(22-8-1)67-71-55-35-19-33-51-65(55)75(67)57-37-49(73(45-25-11-3-12-26-45)46-27-13-4-14-28-46)39-61-63(57)69(51)53-41-54-60(42-59(53)77-61)78-62-40-50(74(47-29-15-5-16-30-47)48-31-17-6-18-32-48)38-58-64(62)70(54)52-34-20-36-56-66(52)76(58)68(72-56)44-23-9-2-10-24-44/h1-42H. The van der Waals surface area contributed by atoms with E-state index < -0.39 is 0 Å².